The number of hydrogen-bond acceptors (Lipinski definition) is 5. The number of esters is 1. The molecule has 0 saturated heterocycles. The highest BCUT2D eigenvalue weighted by Crippen LogP contribution is 2.28. The van der Waals surface area contributed by atoms with Crippen molar-refractivity contribution in [3.05, 3.63) is 52.5 Å². The fourth-order valence-electron chi connectivity index (χ4n) is 2.15. The van der Waals surface area contributed by atoms with E-state index in [0.29, 0.717) is 28.8 Å². The van der Waals surface area contributed by atoms with Crippen LogP contribution in [0, 0.1) is 6.92 Å². The Morgan fingerprint density at radius 2 is 1.88 bits per heavy atom. The van der Waals surface area contributed by atoms with E-state index in [4.69, 9.17) is 25.8 Å². The van der Waals surface area contributed by atoms with Crippen LogP contribution in [0.5, 0.6) is 11.5 Å². The Hall–Kier alpha value is -2.73. The van der Waals surface area contributed by atoms with Crippen molar-refractivity contribution in [2.75, 3.05) is 25.6 Å². The molecular weight excluding hydrogens is 358 g/mol. The smallest absolute Gasteiger partial charge is 0.338 e. The molecule has 2 aromatic carbocycles. The van der Waals surface area contributed by atoms with Crippen molar-refractivity contribution in [2.45, 2.75) is 13.8 Å². The number of aryl methyl sites for hydroxylation is 1. The summed E-state index contributed by atoms with van der Waals surface area (Å²) in [7, 11) is 1.48. The van der Waals surface area contributed by atoms with Crippen molar-refractivity contribution in [1.29, 1.82) is 0 Å². The van der Waals surface area contributed by atoms with Crippen LogP contribution in [-0.4, -0.2) is 32.2 Å². The SMILES string of the molecule is CCOc1ccc(C(=O)OCC(=O)Nc2ccc(C)c(Cl)c2)cc1OC. The maximum Gasteiger partial charge on any atom is 0.338 e. The average molecular weight is 378 g/mol. The number of rotatable bonds is 7. The van der Waals surface area contributed by atoms with Gasteiger partial charge in [0.25, 0.3) is 5.91 Å². The first kappa shape index (κ1) is 19.6. The monoisotopic (exact) mass is 377 g/mol. The fraction of sp³-hybridized carbons (Fsp3) is 0.263. The zero-order valence-electron chi connectivity index (χ0n) is 14.8. The number of ether oxygens (including phenoxy) is 3. The summed E-state index contributed by atoms with van der Waals surface area (Å²) in [6, 6.07) is 9.81. The molecule has 0 aliphatic carbocycles. The van der Waals surface area contributed by atoms with E-state index >= 15 is 0 Å². The Balaban J connectivity index is 1.95. The third-order valence-corrected chi connectivity index (χ3v) is 3.90. The number of carbonyl (C=O) groups excluding carboxylic acids is 2. The molecule has 0 atom stereocenters. The van der Waals surface area contributed by atoms with Gasteiger partial charge in [-0.3, -0.25) is 4.79 Å². The molecule has 7 heteroatoms. The number of methoxy groups -OCH3 is 1. The lowest BCUT2D eigenvalue weighted by Gasteiger charge is -2.11. The molecule has 0 saturated carbocycles. The molecule has 6 nitrogen and oxygen atoms in total. The van der Waals surface area contributed by atoms with Crippen LogP contribution in [0.2, 0.25) is 5.02 Å². The van der Waals surface area contributed by atoms with Crippen molar-refractivity contribution in [3.8, 4) is 11.5 Å². The molecule has 26 heavy (non-hydrogen) atoms. The van der Waals surface area contributed by atoms with Crippen LogP contribution in [0.3, 0.4) is 0 Å². The fourth-order valence-corrected chi connectivity index (χ4v) is 2.33. The number of carbonyl (C=O) groups is 2. The van der Waals surface area contributed by atoms with Gasteiger partial charge in [0.05, 0.1) is 19.3 Å². The molecule has 0 aliphatic rings. The van der Waals surface area contributed by atoms with Gasteiger partial charge in [-0.25, -0.2) is 4.79 Å². The molecule has 138 valence electrons. The van der Waals surface area contributed by atoms with Crippen LogP contribution in [-0.2, 0) is 9.53 Å². The predicted octanol–water partition coefficient (Wildman–Crippen LogP) is 3.85. The molecule has 0 unspecified atom stereocenters. The number of benzene rings is 2. The summed E-state index contributed by atoms with van der Waals surface area (Å²) in [5.74, 6) is -0.153. The first-order valence-electron chi connectivity index (χ1n) is 7.98. The van der Waals surface area contributed by atoms with E-state index < -0.39 is 18.5 Å². The molecule has 0 aromatic heterocycles. The lowest BCUT2D eigenvalue weighted by Crippen LogP contribution is -2.21. The molecule has 0 radical (unpaired) electrons. The first-order valence-corrected chi connectivity index (χ1v) is 8.36. The standard InChI is InChI=1S/C19H20ClNO5/c1-4-25-16-8-6-13(9-17(16)24-3)19(23)26-11-18(22)21-14-7-5-12(2)15(20)10-14/h5-10H,4,11H2,1-3H3,(H,21,22). The Morgan fingerprint density at radius 3 is 2.54 bits per heavy atom. The summed E-state index contributed by atoms with van der Waals surface area (Å²) in [6.07, 6.45) is 0. The van der Waals surface area contributed by atoms with Crippen LogP contribution < -0.4 is 14.8 Å². The molecular formula is C19H20ClNO5. The van der Waals surface area contributed by atoms with Gasteiger partial charge in [-0.1, -0.05) is 17.7 Å². The highest BCUT2D eigenvalue weighted by atomic mass is 35.5. The maximum atomic E-state index is 12.1. The van der Waals surface area contributed by atoms with Gasteiger partial charge < -0.3 is 19.5 Å². The summed E-state index contributed by atoms with van der Waals surface area (Å²) in [4.78, 5) is 24.0. The minimum atomic E-state index is -0.636. The predicted molar refractivity (Wildman–Crippen MR) is 99.3 cm³/mol. The lowest BCUT2D eigenvalue weighted by atomic mass is 10.2. The Labute approximate surface area is 157 Å². The second-order valence-corrected chi connectivity index (χ2v) is 5.79. The normalized spacial score (nSPS) is 10.2. The molecule has 0 bridgehead atoms. The maximum absolute atomic E-state index is 12.1. The minimum absolute atomic E-state index is 0.261. The number of nitrogens with one attached hydrogen (secondary N) is 1. The van der Waals surface area contributed by atoms with Gasteiger partial charge in [0.15, 0.2) is 18.1 Å². The van der Waals surface area contributed by atoms with Crippen molar-refractivity contribution in [1.82, 2.24) is 0 Å². The Kier molecular flexibility index (Phi) is 6.86. The molecule has 1 N–H and O–H groups in total. The van der Waals surface area contributed by atoms with Gasteiger partial charge >= 0.3 is 5.97 Å². The van der Waals surface area contributed by atoms with Crippen molar-refractivity contribution in [2.24, 2.45) is 0 Å². The molecule has 0 heterocycles. The van der Waals surface area contributed by atoms with Crippen LogP contribution >= 0.6 is 11.6 Å². The summed E-state index contributed by atoms with van der Waals surface area (Å²) in [5.41, 5.74) is 1.70. The van der Waals surface area contributed by atoms with E-state index in [1.54, 1.807) is 30.3 Å². The number of anilines is 1. The van der Waals surface area contributed by atoms with Crippen molar-refractivity contribution >= 4 is 29.2 Å². The minimum Gasteiger partial charge on any atom is -0.493 e. The molecule has 0 fully saturated rings. The van der Waals surface area contributed by atoms with E-state index in [2.05, 4.69) is 5.32 Å². The quantitative estimate of drug-likeness (QED) is 0.742. The third-order valence-electron chi connectivity index (χ3n) is 3.49. The first-order chi connectivity index (χ1) is 12.4. The second-order valence-electron chi connectivity index (χ2n) is 5.39. The molecule has 0 aliphatic heterocycles. The van der Waals surface area contributed by atoms with E-state index in [-0.39, 0.29) is 5.56 Å². The van der Waals surface area contributed by atoms with E-state index in [1.165, 1.54) is 13.2 Å². The molecule has 2 rings (SSSR count). The Bertz CT molecular complexity index is 807. The van der Waals surface area contributed by atoms with Gasteiger partial charge in [0.2, 0.25) is 0 Å². The topological polar surface area (TPSA) is 73.9 Å². The van der Waals surface area contributed by atoms with Crippen LogP contribution in [0.1, 0.15) is 22.8 Å². The largest absolute Gasteiger partial charge is 0.493 e. The van der Waals surface area contributed by atoms with Crippen molar-refractivity contribution in [3.63, 3.8) is 0 Å². The second kappa shape index (κ2) is 9.10. The van der Waals surface area contributed by atoms with Gasteiger partial charge in [-0.05, 0) is 49.7 Å². The zero-order chi connectivity index (χ0) is 19.1. The summed E-state index contributed by atoms with van der Waals surface area (Å²) < 4.78 is 15.6. The lowest BCUT2D eigenvalue weighted by molar-refractivity contribution is -0.119. The van der Waals surface area contributed by atoms with E-state index in [1.807, 2.05) is 13.8 Å². The highest BCUT2D eigenvalue weighted by molar-refractivity contribution is 6.31. The summed E-state index contributed by atoms with van der Waals surface area (Å²) >= 11 is 6.01. The number of halogens is 1. The third kappa shape index (κ3) is 5.13. The van der Waals surface area contributed by atoms with Gasteiger partial charge in [0, 0.05) is 10.7 Å². The van der Waals surface area contributed by atoms with Gasteiger partial charge in [-0.15, -0.1) is 0 Å². The summed E-state index contributed by atoms with van der Waals surface area (Å²) in [6.45, 7) is 3.77. The van der Waals surface area contributed by atoms with Crippen LogP contribution in [0.15, 0.2) is 36.4 Å². The van der Waals surface area contributed by atoms with Crippen LogP contribution in [0.25, 0.3) is 0 Å². The number of amides is 1. The molecule has 1 amide bonds. The van der Waals surface area contributed by atoms with E-state index in [0.717, 1.165) is 5.56 Å². The van der Waals surface area contributed by atoms with Gasteiger partial charge in [0.1, 0.15) is 0 Å². The number of hydrogen-bond donors (Lipinski definition) is 1. The highest BCUT2D eigenvalue weighted by Gasteiger charge is 2.14. The van der Waals surface area contributed by atoms with E-state index in [9.17, 15) is 9.59 Å². The molecule has 2 aromatic rings. The van der Waals surface area contributed by atoms with Crippen LogP contribution in [0.4, 0.5) is 5.69 Å². The molecule has 0 spiro atoms. The zero-order valence-corrected chi connectivity index (χ0v) is 15.6. The van der Waals surface area contributed by atoms with Gasteiger partial charge in [-0.2, -0.15) is 0 Å². The Morgan fingerprint density at radius 1 is 1.12 bits per heavy atom. The van der Waals surface area contributed by atoms with Crippen molar-refractivity contribution < 1.29 is 23.8 Å². The average Bonchev–Trinajstić information content (AvgIpc) is 2.63. The summed E-state index contributed by atoms with van der Waals surface area (Å²) in [5, 5.41) is 3.16.